The van der Waals surface area contributed by atoms with E-state index in [0.29, 0.717) is 0 Å². The summed E-state index contributed by atoms with van der Waals surface area (Å²) in [6, 6.07) is 10.4. The van der Waals surface area contributed by atoms with Crippen molar-refractivity contribution >= 4 is 27.5 Å². The fourth-order valence-electron chi connectivity index (χ4n) is 1.89. The molecule has 1 atom stereocenters. The molecule has 0 fully saturated rings. The van der Waals surface area contributed by atoms with E-state index in [0.717, 1.165) is 32.5 Å². The van der Waals surface area contributed by atoms with Gasteiger partial charge in [-0.25, -0.2) is 0 Å². The van der Waals surface area contributed by atoms with E-state index in [1.165, 1.54) is 5.69 Å². The van der Waals surface area contributed by atoms with Crippen molar-refractivity contribution in [1.82, 2.24) is 5.32 Å². The minimum absolute atomic E-state index is 0.0658. The monoisotopic (exact) mass is 326 g/mol. The number of halogens is 1. The van der Waals surface area contributed by atoms with Crippen molar-refractivity contribution in [2.75, 3.05) is 24.5 Å². The van der Waals surface area contributed by atoms with Crippen LogP contribution in [0, 0.1) is 0 Å². The molecule has 0 radical (unpaired) electrons. The fraction of sp³-hybridized carbons (Fsp3) is 0.533. The predicted molar refractivity (Wildman–Crippen MR) is 85.0 cm³/mol. The van der Waals surface area contributed by atoms with Crippen LogP contribution in [0.4, 0.5) is 5.69 Å². The summed E-state index contributed by atoms with van der Waals surface area (Å²) in [4.78, 5) is 13.8. The van der Waals surface area contributed by atoms with Crippen LogP contribution in [-0.4, -0.2) is 30.4 Å². The van der Waals surface area contributed by atoms with Gasteiger partial charge in [0, 0.05) is 25.3 Å². The second kappa shape index (κ2) is 8.97. The van der Waals surface area contributed by atoms with E-state index in [2.05, 4.69) is 57.3 Å². The van der Waals surface area contributed by atoms with Gasteiger partial charge in [0.15, 0.2) is 0 Å². The van der Waals surface area contributed by atoms with E-state index in [1.807, 2.05) is 13.0 Å². The molecule has 4 heteroatoms. The summed E-state index contributed by atoms with van der Waals surface area (Å²) in [6.45, 7) is 6.81. The SMILES string of the molecule is CCC(Br)C(=O)NCCCN(CC)c1ccccc1. The summed E-state index contributed by atoms with van der Waals surface area (Å²) in [5, 5.41) is 2.95. The molecule has 0 aliphatic carbocycles. The minimum atomic E-state index is -0.0658. The van der Waals surface area contributed by atoms with Gasteiger partial charge in [0.2, 0.25) is 5.91 Å². The van der Waals surface area contributed by atoms with E-state index in [1.54, 1.807) is 0 Å². The van der Waals surface area contributed by atoms with E-state index in [4.69, 9.17) is 0 Å². The molecular formula is C15H23BrN2O. The largest absolute Gasteiger partial charge is 0.372 e. The van der Waals surface area contributed by atoms with Gasteiger partial charge in [0.1, 0.15) is 0 Å². The molecule has 1 aromatic carbocycles. The standard InChI is InChI=1S/C15H23BrN2O/c1-3-14(16)15(19)17-11-8-12-18(4-2)13-9-6-5-7-10-13/h5-7,9-10,14H,3-4,8,11-12H2,1-2H3,(H,17,19). The van der Waals surface area contributed by atoms with Crippen LogP contribution >= 0.6 is 15.9 Å². The van der Waals surface area contributed by atoms with Gasteiger partial charge < -0.3 is 10.2 Å². The number of hydrogen-bond acceptors (Lipinski definition) is 2. The highest BCUT2D eigenvalue weighted by Crippen LogP contribution is 2.12. The molecule has 0 bridgehead atoms. The predicted octanol–water partition coefficient (Wildman–Crippen LogP) is 3.19. The Bertz CT molecular complexity index is 370. The highest BCUT2D eigenvalue weighted by Gasteiger charge is 2.11. The number of rotatable bonds is 8. The maximum absolute atomic E-state index is 11.6. The molecule has 1 unspecified atom stereocenters. The Labute approximate surface area is 124 Å². The maximum Gasteiger partial charge on any atom is 0.233 e. The average Bonchev–Trinajstić information content (AvgIpc) is 2.47. The van der Waals surface area contributed by atoms with Gasteiger partial charge >= 0.3 is 0 Å². The molecule has 0 heterocycles. The summed E-state index contributed by atoms with van der Waals surface area (Å²) in [5.74, 6) is 0.0882. The number of carbonyl (C=O) groups is 1. The van der Waals surface area contributed by atoms with Crippen molar-refractivity contribution in [2.24, 2.45) is 0 Å². The van der Waals surface area contributed by atoms with Crippen LogP contribution in [0.2, 0.25) is 0 Å². The van der Waals surface area contributed by atoms with Crippen molar-refractivity contribution in [3.8, 4) is 0 Å². The summed E-state index contributed by atoms with van der Waals surface area (Å²) in [5.41, 5.74) is 1.24. The first-order chi connectivity index (χ1) is 9.19. The molecule has 0 aliphatic heterocycles. The van der Waals surface area contributed by atoms with Crippen LogP contribution < -0.4 is 10.2 Å². The average molecular weight is 327 g/mol. The molecule has 0 spiro atoms. The van der Waals surface area contributed by atoms with E-state index < -0.39 is 0 Å². The zero-order valence-electron chi connectivity index (χ0n) is 11.7. The highest BCUT2D eigenvalue weighted by atomic mass is 79.9. The normalized spacial score (nSPS) is 11.9. The topological polar surface area (TPSA) is 32.3 Å². The van der Waals surface area contributed by atoms with Crippen LogP contribution in [0.5, 0.6) is 0 Å². The molecule has 0 aliphatic rings. The van der Waals surface area contributed by atoms with Crippen LogP contribution in [-0.2, 0) is 4.79 Å². The van der Waals surface area contributed by atoms with Crippen molar-refractivity contribution in [1.29, 1.82) is 0 Å². The third kappa shape index (κ3) is 5.64. The molecule has 0 saturated carbocycles. The van der Waals surface area contributed by atoms with Crippen LogP contribution in [0.3, 0.4) is 0 Å². The second-order valence-electron chi connectivity index (χ2n) is 4.44. The minimum Gasteiger partial charge on any atom is -0.372 e. The fourth-order valence-corrected chi connectivity index (χ4v) is 2.05. The first kappa shape index (κ1) is 16.0. The summed E-state index contributed by atoms with van der Waals surface area (Å²) in [6.07, 6.45) is 1.77. The molecule has 106 valence electrons. The van der Waals surface area contributed by atoms with Gasteiger partial charge in [-0.3, -0.25) is 4.79 Å². The Hall–Kier alpha value is -1.03. The lowest BCUT2D eigenvalue weighted by Crippen LogP contribution is -2.33. The quantitative estimate of drug-likeness (QED) is 0.587. The lowest BCUT2D eigenvalue weighted by Gasteiger charge is -2.23. The molecule has 1 rings (SSSR count). The maximum atomic E-state index is 11.6. The molecule has 1 N–H and O–H groups in total. The first-order valence-electron chi connectivity index (χ1n) is 6.90. The Kier molecular flexibility index (Phi) is 7.56. The number of anilines is 1. The zero-order chi connectivity index (χ0) is 14.1. The Morgan fingerprint density at radius 1 is 1.32 bits per heavy atom. The van der Waals surface area contributed by atoms with Gasteiger partial charge in [-0.2, -0.15) is 0 Å². The van der Waals surface area contributed by atoms with Gasteiger partial charge in [-0.05, 0) is 31.9 Å². The number of para-hydroxylation sites is 1. The molecule has 1 aromatic rings. The smallest absolute Gasteiger partial charge is 0.233 e. The Morgan fingerprint density at radius 2 is 2.00 bits per heavy atom. The number of nitrogens with zero attached hydrogens (tertiary/aromatic N) is 1. The first-order valence-corrected chi connectivity index (χ1v) is 7.82. The van der Waals surface area contributed by atoms with E-state index in [9.17, 15) is 4.79 Å². The second-order valence-corrected chi connectivity index (χ2v) is 5.54. The molecule has 3 nitrogen and oxygen atoms in total. The summed E-state index contributed by atoms with van der Waals surface area (Å²) < 4.78 is 0. The lowest BCUT2D eigenvalue weighted by molar-refractivity contribution is -0.120. The number of amides is 1. The van der Waals surface area contributed by atoms with Crippen molar-refractivity contribution in [3.05, 3.63) is 30.3 Å². The van der Waals surface area contributed by atoms with Crippen LogP contribution in [0.1, 0.15) is 26.7 Å². The van der Waals surface area contributed by atoms with Gasteiger partial charge in [-0.15, -0.1) is 0 Å². The number of carbonyl (C=O) groups excluding carboxylic acids is 1. The van der Waals surface area contributed by atoms with Gasteiger partial charge in [-0.1, -0.05) is 41.1 Å². The Morgan fingerprint density at radius 3 is 2.58 bits per heavy atom. The molecule has 1 amide bonds. The summed E-state index contributed by atoms with van der Waals surface area (Å²) >= 11 is 3.35. The van der Waals surface area contributed by atoms with E-state index >= 15 is 0 Å². The third-order valence-corrected chi connectivity index (χ3v) is 4.11. The molecule has 0 saturated heterocycles. The number of hydrogen-bond donors (Lipinski definition) is 1. The van der Waals surface area contributed by atoms with E-state index in [-0.39, 0.29) is 10.7 Å². The van der Waals surface area contributed by atoms with Gasteiger partial charge in [0.25, 0.3) is 0 Å². The number of alkyl halides is 1. The van der Waals surface area contributed by atoms with Crippen molar-refractivity contribution in [2.45, 2.75) is 31.5 Å². The van der Waals surface area contributed by atoms with Crippen molar-refractivity contribution < 1.29 is 4.79 Å². The van der Waals surface area contributed by atoms with Gasteiger partial charge in [0.05, 0.1) is 4.83 Å². The zero-order valence-corrected chi connectivity index (χ0v) is 13.3. The molecular weight excluding hydrogens is 304 g/mol. The highest BCUT2D eigenvalue weighted by molar-refractivity contribution is 9.10. The summed E-state index contributed by atoms with van der Waals surface area (Å²) in [7, 11) is 0. The number of nitrogens with one attached hydrogen (secondary N) is 1. The molecule has 19 heavy (non-hydrogen) atoms. The van der Waals surface area contributed by atoms with Crippen LogP contribution in [0.25, 0.3) is 0 Å². The van der Waals surface area contributed by atoms with Crippen LogP contribution in [0.15, 0.2) is 30.3 Å². The van der Waals surface area contributed by atoms with Crippen molar-refractivity contribution in [3.63, 3.8) is 0 Å². The Balaban J connectivity index is 2.30. The number of benzene rings is 1. The third-order valence-electron chi connectivity index (χ3n) is 3.05. The lowest BCUT2D eigenvalue weighted by atomic mass is 10.2. The molecule has 0 aromatic heterocycles.